The summed E-state index contributed by atoms with van der Waals surface area (Å²) in [5.41, 5.74) is 10.8. The number of imidazole rings is 1. The highest BCUT2D eigenvalue weighted by Gasteiger charge is 2.51. The maximum atomic E-state index is 15.9. The molecule has 236 valence electrons. The minimum absolute atomic E-state index is 0.0465. The molecule has 0 amide bonds. The molecule has 0 aliphatic carbocycles. The Balaban J connectivity index is 1.19. The number of hydrogen-bond acceptors (Lipinski definition) is 17. The second-order valence-electron chi connectivity index (χ2n) is 9.91. The minimum Gasteiger partial charge on any atom is -0.382 e. The molecule has 0 aromatic carbocycles. The fourth-order valence-corrected chi connectivity index (χ4v) is 7.55. The van der Waals surface area contributed by atoms with Gasteiger partial charge in [0, 0.05) is 13.0 Å². The monoisotopic (exact) mass is 676 g/mol. The normalized spacial score (nSPS) is 34.4. The number of halogens is 1. The summed E-state index contributed by atoms with van der Waals surface area (Å²) < 4.78 is 74.9. The Labute approximate surface area is 249 Å². The molecule has 0 saturated carbocycles. The molecule has 0 radical (unpaired) electrons. The van der Waals surface area contributed by atoms with Gasteiger partial charge in [0.1, 0.15) is 30.2 Å². The number of hydrogen-bond donors (Lipinski definition) is 5. The van der Waals surface area contributed by atoms with Gasteiger partial charge in [-0.15, -0.1) is 5.10 Å². The minimum atomic E-state index is -4.59. The Morgan fingerprint density at radius 3 is 2.77 bits per heavy atom. The van der Waals surface area contributed by atoms with Crippen LogP contribution in [0.4, 0.5) is 16.2 Å². The summed E-state index contributed by atoms with van der Waals surface area (Å²) in [5, 5.41) is 7.66. The SMILES string of the molecule is Nc1nc2c(nnn2[C@@H]2O[C@@H]3COP(O)(=S)O[C@H]4[C@@H](F)[C@H](n5cnc6c(N)ncnc65)O[C@@H]4CNS(=O)(=O)O[C@@H]2C3)c(=O)[nH]1. The molecular formula is C19H22FN12O9PS2. The predicted molar refractivity (Wildman–Crippen MR) is 147 cm³/mol. The van der Waals surface area contributed by atoms with Gasteiger partial charge < -0.3 is 30.4 Å². The van der Waals surface area contributed by atoms with E-state index in [1.54, 1.807) is 0 Å². The second-order valence-corrected chi connectivity index (χ2v) is 14.1. The molecule has 7 heterocycles. The average molecular weight is 677 g/mol. The van der Waals surface area contributed by atoms with Crippen LogP contribution in [0.5, 0.6) is 0 Å². The number of nitrogens with one attached hydrogen (secondary N) is 2. The van der Waals surface area contributed by atoms with Crippen molar-refractivity contribution in [3.63, 3.8) is 0 Å². The third kappa shape index (κ3) is 5.21. The van der Waals surface area contributed by atoms with E-state index in [2.05, 4.69) is 40.0 Å². The van der Waals surface area contributed by atoms with Crippen LogP contribution in [0.25, 0.3) is 22.3 Å². The van der Waals surface area contributed by atoms with E-state index in [1.807, 2.05) is 0 Å². The van der Waals surface area contributed by atoms with E-state index in [0.717, 1.165) is 11.0 Å². The van der Waals surface area contributed by atoms with Crippen LogP contribution in [0, 0.1) is 0 Å². The Bertz CT molecular complexity index is 1980. The van der Waals surface area contributed by atoms with Crippen molar-refractivity contribution in [2.45, 2.75) is 49.5 Å². The molecule has 4 aromatic heterocycles. The number of anilines is 2. The number of fused-ring (bicyclic) bond motifs is 5. The van der Waals surface area contributed by atoms with Crippen LogP contribution in [0.1, 0.15) is 18.9 Å². The standard InChI is InChI=1S/C19H22FN12O9PS2/c20-9-12-8(39-18(9)31-5-25-10-13(21)23-4-24-14(10)31)2-26-44(35,36)41-7-1-6(3-37-42(34,43)40-12)38-17(7)32-15-11(29-30-32)16(33)28-19(22)27-15/h4-9,12,17-18,26H,1-3H2,(H,34,43)(H2,21,23,24)(H3,22,27,28,33)/t6-,7+,8+,9+,12+,17+,18+,42?/m0/s1. The molecule has 7 rings (SSSR count). The van der Waals surface area contributed by atoms with Gasteiger partial charge in [0.15, 0.2) is 41.3 Å². The van der Waals surface area contributed by atoms with Crippen LogP contribution in [0.2, 0.25) is 0 Å². The lowest BCUT2D eigenvalue weighted by molar-refractivity contribution is -0.0517. The molecular weight excluding hydrogens is 654 g/mol. The van der Waals surface area contributed by atoms with E-state index in [0.29, 0.717) is 0 Å². The van der Waals surface area contributed by atoms with Gasteiger partial charge in [-0.05, 0) is 11.8 Å². The first-order chi connectivity index (χ1) is 20.9. The summed E-state index contributed by atoms with van der Waals surface area (Å²) in [6.07, 6.45) is -7.63. The van der Waals surface area contributed by atoms with Gasteiger partial charge in [0.05, 0.1) is 19.0 Å². The van der Waals surface area contributed by atoms with Crippen molar-refractivity contribution in [1.82, 2.24) is 49.2 Å². The first-order valence-electron chi connectivity index (χ1n) is 12.7. The fraction of sp³-hybridized carbons (Fsp3) is 0.526. The molecule has 3 aliphatic heterocycles. The number of aromatic amines is 1. The van der Waals surface area contributed by atoms with E-state index in [9.17, 15) is 18.1 Å². The van der Waals surface area contributed by atoms with Crippen molar-refractivity contribution in [3.05, 3.63) is 23.0 Å². The molecule has 3 saturated heterocycles. The lowest BCUT2D eigenvalue weighted by Crippen LogP contribution is -2.42. The molecule has 0 spiro atoms. The number of nitrogens with two attached hydrogens (primary N) is 2. The Kier molecular flexibility index (Phi) is 7.11. The molecule has 1 unspecified atom stereocenters. The molecule has 3 fully saturated rings. The average Bonchev–Trinajstić information content (AvgIpc) is 3.72. The van der Waals surface area contributed by atoms with E-state index in [-0.39, 0.29) is 40.5 Å². The van der Waals surface area contributed by atoms with Crippen molar-refractivity contribution in [1.29, 1.82) is 0 Å². The Morgan fingerprint density at radius 1 is 1.14 bits per heavy atom. The van der Waals surface area contributed by atoms with Gasteiger partial charge in [-0.25, -0.2) is 23.5 Å². The highest BCUT2D eigenvalue weighted by atomic mass is 32.5. The van der Waals surface area contributed by atoms with E-state index in [4.69, 9.17) is 46.0 Å². The molecule has 25 heteroatoms. The quantitative estimate of drug-likeness (QED) is 0.142. The Hall–Kier alpha value is -3.32. The zero-order valence-electron chi connectivity index (χ0n) is 21.9. The van der Waals surface area contributed by atoms with Crippen molar-refractivity contribution in [2.75, 3.05) is 24.6 Å². The summed E-state index contributed by atoms with van der Waals surface area (Å²) >= 11 is 5.16. The lowest BCUT2D eigenvalue weighted by Gasteiger charge is -2.25. The molecule has 2 bridgehead atoms. The van der Waals surface area contributed by atoms with Crippen LogP contribution in [-0.2, 0) is 44.8 Å². The van der Waals surface area contributed by atoms with Gasteiger partial charge >= 0.3 is 17.0 Å². The van der Waals surface area contributed by atoms with E-state index in [1.165, 1.54) is 10.9 Å². The summed E-state index contributed by atoms with van der Waals surface area (Å²) in [5.74, 6) is -0.198. The van der Waals surface area contributed by atoms with E-state index >= 15 is 4.39 Å². The zero-order valence-corrected chi connectivity index (χ0v) is 24.4. The maximum Gasteiger partial charge on any atom is 0.336 e. The van der Waals surface area contributed by atoms with Crippen molar-refractivity contribution < 1.29 is 40.4 Å². The number of H-pyrrole nitrogens is 1. The number of nitrogen functional groups attached to an aromatic ring is 2. The van der Waals surface area contributed by atoms with Crippen LogP contribution in [0.15, 0.2) is 17.4 Å². The van der Waals surface area contributed by atoms with Crippen LogP contribution in [0.3, 0.4) is 0 Å². The van der Waals surface area contributed by atoms with Gasteiger partial charge in [-0.2, -0.15) is 22.8 Å². The molecule has 44 heavy (non-hydrogen) atoms. The first-order valence-corrected chi connectivity index (χ1v) is 16.7. The highest BCUT2D eigenvalue weighted by Crippen LogP contribution is 2.50. The lowest BCUT2D eigenvalue weighted by atomic mass is 10.1. The fourth-order valence-electron chi connectivity index (χ4n) is 5.16. The van der Waals surface area contributed by atoms with E-state index < -0.39 is 78.8 Å². The molecule has 7 N–H and O–H groups in total. The highest BCUT2D eigenvalue weighted by molar-refractivity contribution is 8.07. The zero-order chi connectivity index (χ0) is 31.0. The van der Waals surface area contributed by atoms with Gasteiger partial charge in [-0.3, -0.25) is 18.9 Å². The van der Waals surface area contributed by atoms with Gasteiger partial charge in [0.2, 0.25) is 5.95 Å². The number of alkyl halides is 1. The topological polar surface area (TPSA) is 285 Å². The summed E-state index contributed by atoms with van der Waals surface area (Å²) in [7, 11) is -4.59. The summed E-state index contributed by atoms with van der Waals surface area (Å²) in [6.45, 7) is -5.17. The molecule has 4 aromatic rings. The third-order valence-corrected chi connectivity index (χ3v) is 9.64. The summed E-state index contributed by atoms with van der Waals surface area (Å²) in [6, 6.07) is 0. The van der Waals surface area contributed by atoms with Crippen LogP contribution < -0.4 is 21.7 Å². The molecule has 3 aliphatic rings. The first kappa shape index (κ1) is 29.4. The van der Waals surface area contributed by atoms with Crippen molar-refractivity contribution in [3.8, 4) is 0 Å². The van der Waals surface area contributed by atoms with Gasteiger partial charge in [-0.1, -0.05) is 5.21 Å². The number of aromatic nitrogens is 9. The molecule has 21 nitrogen and oxygen atoms in total. The van der Waals surface area contributed by atoms with Crippen LogP contribution in [-0.4, -0.2) is 102 Å². The largest absolute Gasteiger partial charge is 0.382 e. The smallest absolute Gasteiger partial charge is 0.336 e. The number of rotatable bonds is 2. The number of ether oxygens (including phenoxy) is 2. The summed E-state index contributed by atoms with van der Waals surface area (Å²) in [4.78, 5) is 41.4. The van der Waals surface area contributed by atoms with Crippen LogP contribution >= 0.6 is 6.72 Å². The molecule has 8 atom stereocenters. The predicted octanol–water partition coefficient (Wildman–Crippen LogP) is -2.11. The number of nitrogens with zero attached hydrogens (tertiary/aromatic N) is 8. The Morgan fingerprint density at radius 2 is 1.95 bits per heavy atom. The van der Waals surface area contributed by atoms with Crippen molar-refractivity contribution >= 4 is 62.9 Å². The van der Waals surface area contributed by atoms with Crippen molar-refractivity contribution in [2.24, 2.45) is 0 Å². The van der Waals surface area contributed by atoms with Gasteiger partial charge in [0.25, 0.3) is 5.56 Å². The second kappa shape index (κ2) is 10.6. The maximum absolute atomic E-state index is 15.9. The third-order valence-electron chi connectivity index (χ3n) is 7.06.